The van der Waals surface area contributed by atoms with Crippen LogP contribution < -0.4 is 10.6 Å². The average molecular weight is 246 g/mol. The summed E-state index contributed by atoms with van der Waals surface area (Å²) in [6.07, 6.45) is 4.18. The standard InChI is InChI=1S/C15H22N2O/c18-15(14-9-5-10-16-12-14)17-11-4-8-13-6-2-1-3-7-13/h1-3,6-7,14,16H,4-5,8-12H2,(H,17,18)/t14-/m1/s1. The minimum atomic E-state index is 0.176. The molecule has 1 saturated heterocycles. The maximum Gasteiger partial charge on any atom is 0.224 e. The maximum absolute atomic E-state index is 11.9. The van der Waals surface area contributed by atoms with Crippen LogP contribution in [-0.4, -0.2) is 25.5 Å². The van der Waals surface area contributed by atoms with Gasteiger partial charge >= 0.3 is 0 Å². The molecule has 0 aliphatic carbocycles. The summed E-state index contributed by atoms with van der Waals surface area (Å²) in [5, 5.41) is 6.31. The van der Waals surface area contributed by atoms with Crippen molar-refractivity contribution < 1.29 is 4.79 Å². The molecule has 1 amide bonds. The fraction of sp³-hybridized carbons (Fsp3) is 0.533. The molecule has 0 saturated carbocycles. The van der Waals surface area contributed by atoms with Crippen molar-refractivity contribution in [2.24, 2.45) is 5.92 Å². The topological polar surface area (TPSA) is 41.1 Å². The molecule has 0 radical (unpaired) electrons. The molecule has 1 aromatic rings. The van der Waals surface area contributed by atoms with E-state index >= 15 is 0 Å². The lowest BCUT2D eigenvalue weighted by Crippen LogP contribution is -2.40. The van der Waals surface area contributed by atoms with Crippen LogP contribution >= 0.6 is 0 Å². The second kappa shape index (κ2) is 7.17. The molecule has 0 spiro atoms. The summed E-state index contributed by atoms with van der Waals surface area (Å²) in [4.78, 5) is 11.9. The number of aryl methyl sites for hydroxylation is 1. The molecule has 0 aromatic heterocycles. The van der Waals surface area contributed by atoms with Crippen molar-refractivity contribution in [1.82, 2.24) is 10.6 Å². The van der Waals surface area contributed by atoms with E-state index in [-0.39, 0.29) is 11.8 Å². The van der Waals surface area contributed by atoms with E-state index in [1.807, 2.05) is 6.07 Å². The number of nitrogens with one attached hydrogen (secondary N) is 2. The Morgan fingerprint density at radius 1 is 1.33 bits per heavy atom. The SMILES string of the molecule is O=C(NCCCc1ccccc1)[C@@H]1CCCNC1. The Labute approximate surface area is 109 Å². The second-order valence-corrected chi connectivity index (χ2v) is 4.92. The number of hydrogen-bond donors (Lipinski definition) is 2. The van der Waals surface area contributed by atoms with Crippen molar-refractivity contribution >= 4 is 5.91 Å². The van der Waals surface area contributed by atoms with Gasteiger partial charge in [-0.2, -0.15) is 0 Å². The van der Waals surface area contributed by atoms with Crippen molar-refractivity contribution in [3.8, 4) is 0 Å². The van der Waals surface area contributed by atoms with Gasteiger partial charge in [0.25, 0.3) is 0 Å². The molecule has 0 unspecified atom stereocenters. The summed E-state index contributed by atoms with van der Waals surface area (Å²) in [6, 6.07) is 10.4. The molecule has 1 aliphatic rings. The van der Waals surface area contributed by atoms with Crippen LogP contribution in [0.3, 0.4) is 0 Å². The smallest absolute Gasteiger partial charge is 0.224 e. The highest BCUT2D eigenvalue weighted by Gasteiger charge is 2.19. The van der Waals surface area contributed by atoms with Crippen LogP contribution in [0.1, 0.15) is 24.8 Å². The minimum absolute atomic E-state index is 0.176. The first-order valence-corrected chi connectivity index (χ1v) is 6.88. The van der Waals surface area contributed by atoms with E-state index in [0.29, 0.717) is 0 Å². The number of carbonyl (C=O) groups is 1. The minimum Gasteiger partial charge on any atom is -0.356 e. The van der Waals surface area contributed by atoms with Crippen LogP contribution in [0.5, 0.6) is 0 Å². The molecule has 1 atom stereocenters. The van der Waals surface area contributed by atoms with E-state index in [1.54, 1.807) is 0 Å². The molecule has 98 valence electrons. The second-order valence-electron chi connectivity index (χ2n) is 4.92. The Kier molecular flexibility index (Phi) is 5.21. The molecule has 2 rings (SSSR count). The lowest BCUT2D eigenvalue weighted by molar-refractivity contribution is -0.125. The van der Waals surface area contributed by atoms with Crippen molar-refractivity contribution in [3.63, 3.8) is 0 Å². The van der Waals surface area contributed by atoms with Crippen LogP contribution in [-0.2, 0) is 11.2 Å². The van der Waals surface area contributed by atoms with Crippen molar-refractivity contribution in [2.75, 3.05) is 19.6 Å². The molecule has 1 heterocycles. The van der Waals surface area contributed by atoms with E-state index in [0.717, 1.165) is 45.3 Å². The van der Waals surface area contributed by atoms with Crippen molar-refractivity contribution in [2.45, 2.75) is 25.7 Å². The summed E-state index contributed by atoms with van der Waals surface area (Å²) in [5.74, 6) is 0.394. The van der Waals surface area contributed by atoms with E-state index < -0.39 is 0 Å². The molecular formula is C15H22N2O. The molecule has 1 aromatic carbocycles. The highest BCUT2D eigenvalue weighted by molar-refractivity contribution is 5.78. The van der Waals surface area contributed by atoms with Gasteiger partial charge in [0, 0.05) is 13.1 Å². The Morgan fingerprint density at radius 2 is 2.17 bits per heavy atom. The first-order chi connectivity index (χ1) is 8.86. The van der Waals surface area contributed by atoms with Gasteiger partial charge in [-0.1, -0.05) is 30.3 Å². The quantitative estimate of drug-likeness (QED) is 0.777. The lowest BCUT2D eigenvalue weighted by Gasteiger charge is -2.21. The monoisotopic (exact) mass is 246 g/mol. The van der Waals surface area contributed by atoms with Crippen LogP contribution in [0.15, 0.2) is 30.3 Å². The molecule has 3 nitrogen and oxygen atoms in total. The zero-order chi connectivity index (χ0) is 12.6. The van der Waals surface area contributed by atoms with Crippen LogP contribution in [0, 0.1) is 5.92 Å². The van der Waals surface area contributed by atoms with Gasteiger partial charge in [0.05, 0.1) is 5.92 Å². The first-order valence-electron chi connectivity index (χ1n) is 6.88. The van der Waals surface area contributed by atoms with Gasteiger partial charge in [-0.25, -0.2) is 0 Å². The number of rotatable bonds is 5. The third-order valence-electron chi connectivity index (χ3n) is 3.45. The van der Waals surface area contributed by atoms with Crippen molar-refractivity contribution in [3.05, 3.63) is 35.9 Å². The third-order valence-corrected chi connectivity index (χ3v) is 3.45. The number of benzene rings is 1. The Balaban J connectivity index is 1.61. The highest BCUT2D eigenvalue weighted by Crippen LogP contribution is 2.09. The summed E-state index contributed by atoms with van der Waals surface area (Å²) >= 11 is 0. The molecule has 0 bridgehead atoms. The zero-order valence-electron chi connectivity index (χ0n) is 10.8. The van der Waals surface area contributed by atoms with E-state index in [9.17, 15) is 4.79 Å². The molecule has 1 fully saturated rings. The number of hydrogen-bond acceptors (Lipinski definition) is 2. The third kappa shape index (κ3) is 4.15. The molecule has 3 heteroatoms. The number of piperidine rings is 1. The van der Waals surface area contributed by atoms with Gasteiger partial charge in [0.1, 0.15) is 0 Å². The number of carbonyl (C=O) groups excluding carboxylic acids is 1. The maximum atomic E-state index is 11.9. The van der Waals surface area contributed by atoms with Gasteiger partial charge < -0.3 is 10.6 Å². The molecule has 18 heavy (non-hydrogen) atoms. The van der Waals surface area contributed by atoms with Crippen LogP contribution in [0.4, 0.5) is 0 Å². The number of amides is 1. The Bertz CT molecular complexity index is 358. The van der Waals surface area contributed by atoms with Gasteiger partial charge in [-0.3, -0.25) is 4.79 Å². The van der Waals surface area contributed by atoms with E-state index in [4.69, 9.17) is 0 Å². The van der Waals surface area contributed by atoms with Gasteiger partial charge in [-0.15, -0.1) is 0 Å². The Morgan fingerprint density at radius 3 is 2.89 bits per heavy atom. The first kappa shape index (κ1) is 13.1. The summed E-state index contributed by atoms with van der Waals surface area (Å²) in [6.45, 7) is 2.67. The predicted molar refractivity (Wildman–Crippen MR) is 73.4 cm³/mol. The summed E-state index contributed by atoms with van der Waals surface area (Å²) in [7, 11) is 0. The molecule has 2 N–H and O–H groups in total. The van der Waals surface area contributed by atoms with Crippen LogP contribution in [0.2, 0.25) is 0 Å². The van der Waals surface area contributed by atoms with Crippen LogP contribution in [0.25, 0.3) is 0 Å². The largest absolute Gasteiger partial charge is 0.356 e. The normalized spacial score (nSPS) is 19.4. The van der Waals surface area contributed by atoms with Gasteiger partial charge in [-0.05, 0) is 37.8 Å². The summed E-state index contributed by atoms with van der Waals surface area (Å²) < 4.78 is 0. The average Bonchev–Trinajstić information content (AvgIpc) is 2.45. The fourth-order valence-corrected chi connectivity index (χ4v) is 2.37. The Hall–Kier alpha value is -1.35. The highest BCUT2D eigenvalue weighted by atomic mass is 16.1. The predicted octanol–water partition coefficient (Wildman–Crippen LogP) is 1.74. The van der Waals surface area contributed by atoms with Gasteiger partial charge in [0.2, 0.25) is 5.91 Å². The zero-order valence-corrected chi connectivity index (χ0v) is 10.8. The summed E-state index contributed by atoms with van der Waals surface area (Å²) in [5.41, 5.74) is 1.34. The van der Waals surface area contributed by atoms with Crippen molar-refractivity contribution in [1.29, 1.82) is 0 Å². The fourth-order valence-electron chi connectivity index (χ4n) is 2.37. The molecule has 1 aliphatic heterocycles. The van der Waals surface area contributed by atoms with E-state index in [2.05, 4.69) is 34.9 Å². The lowest BCUT2D eigenvalue weighted by atomic mass is 9.99. The van der Waals surface area contributed by atoms with Gasteiger partial charge in [0.15, 0.2) is 0 Å². The molecular weight excluding hydrogens is 224 g/mol. The van der Waals surface area contributed by atoms with E-state index in [1.165, 1.54) is 5.56 Å².